The number of rotatable bonds is 4. The Hall–Kier alpha value is -1.57. The molecule has 0 heterocycles. The van der Waals surface area contributed by atoms with Gasteiger partial charge in [0.25, 0.3) is 0 Å². The van der Waals surface area contributed by atoms with Gasteiger partial charge >= 0.3 is 5.97 Å². The highest BCUT2D eigenvalue weighted by molar-refractivity contribution is 5.66. The molecule has 0 atom stereocenters. The van der Waals surface area contributed by atoms with Crippen LogP contribution >= 0.6 is 0 Å². The minimum atomic E-state index is -0.244. The van der Waals surface area contributed by atoms with Gasteiger partial charge in [-0.05, 0) is 29.5 Å². The quantitative estimate of drug-likeness (QED) is 0.719. The molecule has 0 spiro atoms. The van der Waals surface area contributed by atoms with Gasteiger partial charge in [-0.15, -0.1) is 0 Å². The summed E-state index contributed by atoms with van der Waals surface area (Å²) >= 11 is 0. The molecule has 0 N–H and O–H groups in total. The molecule has 0 bridgehead atoms. The van der Waals surface area contributed by atoms with Crippen LogP contribution in [0, 0.1) is 0 Å². The molecule has 106 valence electrons. The highest BCUT2D eigenvalue weighted by atomic mass is 16.5. The van der Waals surface area contributed by atoms with Crippen LogP contribution in [-0.2, 0) is 16.1 Å². The summed E-state index contributed by atoms with van der Waals surface area (Å²) in [5.74, 6) is 0.213. The molecular weight excluding hydrogens is 236 g/mol. The van der Waals surface area contributed by atoms with Crippen molar-refractivity contribution in [3.05, 3.63) is 41.0 Å². The summed E-state index contributed by atoms with van der Waals surface area (Å²) in [7, 11) is 0. The molecule has 1 aromatic carbocycles. The zero-order valence-corrected chi connectivity index (χ0v) is 13.0. The van der Waals surface area contributed by atoms with E-state index in [0.29, 0.717) is 12.5 Å². The van der Waals surface area contributed by atoms with Crippen molar-refractivity contribution in [3.8, 4) is 0 Å². The molecule has 2 nitrogen and oxygen atoms in total. The van der Waals surface area contributed by atoms with Crippen LogP contribution in [0.1, 0.15) is 64.2 Å². The predicted octanol–water partition coefficient (Wildman–Crippen LogP) is 4.93. The molecular formula is C17H26O2. The van der Waals surface area contributed by atoms with Gasteiger partial charge < -0.3 is 4.74 Å². The van der Waals surface area contributed by atoms with E-state index in [1.165, 1.54) is 18.1 Å². The van der Waals surface area contributed by atoms with Crippen LogP contribution in [0.4, 0.5) is 0 Å². The van der Waals surface area contributed by atoms with Crippen molar-refractivity contribution in [2.45, 2.75) is 54.1 Å². The van der Waals surface area contributed by atoms with Crippen molar-refractivity contribution in [3.63, 3.8) is 0 Å². The van der Waals surface area contributed by atoms with Gasteiger partial charge in [0, 0.05) is 6.92 Å². The maximum Gasteiger partial charge on any atom is 0.302 e. The number of benzene rings is 1. The first-order valence-corrected chi connectivity index (χ1v) is 6.94. The van der Waals surface area contributed by atoms with Gasteiger partial charge in [-0.1, -0.05) is 58.0 Å². The zero-order valence-electron chi connectivity index (χ0n) is 13.0. The first-order chi connectivity index (χ1) is 9.06. The molecule has 19 heavy (non-hydrogen) atoms. The van der Waals surface area contributed by atoms with Crippen molar-refractivity contribution >= 4 is 12.0 Å². The lowest BCUT2D eigenvalue weighted by atomic mass is 9.93. The second kappa shape index (κ2) is 9.37. The molecule has 0 amide bonds. The average molecular weight is 262 g/mol. The average Bonchev–Trinajstić information content (AvgIpc) is 2.39. The Morgan fingerprint density at radius 1 is 1.32 bits per heavy atom. The van der Waals surface area contributed by atoms with Gasteiger partial charge in [0.15, 0.2) is 0 Å². The van der Waals surface area contributed by atoms with E-state index in [-0.39, 0.29) is 5.97 Å². The molecule has 2 heteroatoms. The van der Waals surface area contributed by atoms with Crippen LogP contribution in [0.15, 0.2) is 24.3 Å². The fourth-order valence-corrected chi connectivity index (χ4v) is 1.81. The molecule has 0 fully saturated rings. The third-order valence-corrected chi connectivity index (χ3v) is 2.62. The SMILES string of the molecule is C/C=C\c1c(COC(C)=O)cccc1C(C)C.CC. The number of allylic oxidation sites excluding steroid dienone is 1. The fourth-order valence-electron chi connectivity index (χ4n) is 1.81. The minimum Gasteiger partial charge on any atom is -0.461 e. The van der Waals surface area contributed by atoms with Crippen molar-refractivity contribution in [2.24, 2.45) is 0 Å². The van der Waals surface area contributed by atoms with Gasteiger partial charge in [0.1, 0.15) is 6.61 Å². The van der Waals surface area contributed by atoms with Gasteiger partial charge in [-0.25, -0.2) is 0 Å². The third kappa shape index (κ3) is 5.73. The Balaban J connectivity index is 0.00000154. The van der Waals surface area contributed by atoms with Gasteiger partial charge in [-0.3, -0.25) is 4.79 Å². The standard InChI is InChI=1S/C15H20O2.C2H6/c1-5-7-15-13(10-17-12(4)16)8-6-9-14(15)11(2)3;1-2/h5-9,11H,10H2,1-4H3;1-2H3/b7-5-;. The number of carbonyl (C=O) groups excluding carboxylic acids is 1. The minimum absolute atomic E-state index is 0.244. The van der Waals surface area contributed by atoms with Crippen LogP contribution in [0.25, 0.3) is 6.08 Å². The van der Waals surface area contributed by atoms with E-state index in [4.69, 9.17) is 4.74 Å². The van der Waals surface area contributed by atoms with Crippen LogP contribution in [0.2, 0.25) is 0 Å². The van der Waals surface area contributed by atoms with Crippen LogP contribution in [0.5, 0.6) is 0 Å². The van der Waals surface area contributed by atoms with Crippen molar-refractivity contribution in [1.29, 1.82) is 0 Å². The van der Waals surface area contributed by atoms with E-state index < -0.39 is 0 Å². The maximum atomic E-state index is 10.9. The highest BCUT2D eigenvalue weighted by Gasteiger charge is 2.09. The van der Waals surface area contributed by atoms with E-state index in [9.17, 15) is 4.79 Å². The monoisotopic (exact) mass is 262 g/mol. The molecule has 0 radical (unpaired) electrons. The normalized spacial score (nSPS) is 10.3. The Labute approximate surface area is 117 Å². The lowest BCUT2D eigenvalue weighted by molar-refractivity contribution is -0.142. The number of esters is 1. The van der Waals surface area contributed by atoms with E-state index in [2.05, 4.69) is 26.0 Å². The van der Waals surface area contributed by atoms with Crippen molar-refractivity contribution in [1.82, 2.24) is 0 Å². The van der Waals surface area contributed by atoms with Gasteiger partial charge in [0.2, 0.25) is 0 Å². The molecule has 0 saturated heterocycles. The summed E-state index contributed by atoms with van der Waals surface area (Å²) in [4.78, 5) is 10.9. The summed E-state index contributed by atoms with van der Waals surface area (Å²) in [6, 6.07) is 6.14. The first kappa shape index (κ1) is 17.4. The molecule has 1 rings (SSSR count). The summed E-state index contributed by atoms with van der Waals surface area (Å²) in [5, 5.41) is 0. The summed E-state index contributed by atoms with van der Waals surface area (Å²) < 4.78 is 5.08. The number of hydrogen-bond acceptors (Lipinski definition) is 2. The smallest absolute Gasteiger partial charge is 0.302 e. The van der Waals surface area contributed by atoms with Gasteiger partial charge in [-0.2, -0.15) is 0 Å². The lowest BCUT2D eigenvalue weighted by Crippen LogP contribution is -2.03. The van der Waals surface area contributed by atoms with Gasteiger partial charge in [0.05, 0.1) is 0 Å². The van der Waals surface area contributed by atoms with E-state index >= 15 is 0 Å². The molecule has 0 aliphatic heterocycles. The molecule has 0 saturated carbocycles. The Morgan fingerprint density at radius 2 is 1.95 bits per heavy atom. The van der Waals surface area contributed by atoms with E-state index in [1.807, 2.05) is 39.0 Å². The lowest BCUT2D eigenvalue weighted by Gasteiger charge is -2.14. The first-order valence-electron chi connectivity index (χ1n) is 6.94. The number of hydrogen-bond donors (Lipinski definition) is 0. The Kier molecular flexibility index (Phi) is 8.60. The fraction of sp³-hybridized carbons (Fsp3) is 0.471. The van der Waals surface area contributed by atoms with E-state index in [1.54, 1.807) is 0 Å². The number of carbonyl (C=O) groups is 1. The predicted molar refractivity (Wildman–Crippen MR) is 82.1 cm³/mol. The summed E-state index contributed by atoms with van der Waals surface area (Å²) in [5.41, 5.74) is 3.52. The topological polar surface area (TPSA) is 26.3 Å². The molecule has 0 aliphatic rings. The molecule has 0 aliphatic carbocycles. The zero-order chi connectivity index (χ0) is 14.8. The second-order valence-electron chi connectivity index (χ2n) is 4.35. The molecule has 0 aromatic heterocycles. The van der Waals surface area contributed by atoms with Crippen LogP contribution in [-0.4, -0.2) is 5.97 Å². The second-order valence-corrected chi connectivity index (χ2v) is 4.35. The van der Waals surface area contributed by atoms with Crippen LogP contribution in [0.3, 0.4) is 0 Å². The maximum absolute atomic E-state index is 10.9. The highest BCUT2D eigenvalue weighted by Crippen LogP contribution is 2.24. The van der Waals surface area contributed by atoms with Crippen molar-refractivity contribution < 1.29 is 9.53 Å². The van der Waals surface area contributed by atoms with Crippen molar-refractivity contribution in [2.75, 3.05) is 0 Å². The van der Waals surface area contributed by atoms with E-state index in [0.717, 1.165) is 5.56 Å². The molecule has 0 unspecified atom stereocenters. The summed E-state index contributed by atoms with van der Waals surface area (Å²) in [6.45, 7) is 12.1. The van der Waals surface area contributed by atoms with Crippen LogP contribution < -0.4 is 0 Å². The third-order valence-electron chi connectivity index (χ3n) is 2.62. The Bertz CT molecular complexity index is 417. The largest absolute Gasteiger partial charge is 0.461 e. The Morgan fingerprint density at radius 3 is 2.42 bits per heavy atom. The molecule has 1 aromatic rings. The summed E-state index contributed by atoms with van der Waals surface area (Å²) in [6.07, 6.45) is 4.09. The number of ether oxygens (including phenoxy) is 1.